The molecule has 1 saturated heterocycles. The third-order valence-electron chi connectivity index (χ3n) is 3.65. The number of benzene rings is 1. The maximum absolute atomic E-state index is 13.0. The van der Waals surface area contributed by atoms with Gasteiger partial charge in [-0.2, -0.15) is 13.2 Å². The Morgan fingerprint density at radius 2 is 2.00 bits per heavy atom. The molecule has 2 heterocycles. The van der Waals surface area contributed by atoms with Crippen molar-refractivity contribution in [3.63, 3.8) is 0 Å². The second-order valence-electron chi connectivity index (χ2n) is 4.96. The molecule has 0 saturated carbocycles. The molecule has 1 aromatic heterocycles. The Bertz CT molecular complexity index is 663. The van der Waals surface area contributed by atoms with E-state index in [1.807, 2.05) is 0 Å². The van der Waals surface area contributed by atoms with Crippen LogP contribution in [0.25, 0.3) is 11.5 Å². The second kappa shape index (κ2) is 5.36. The molecule has 0 radical (unpaired) electrons. The van der Waals surface area contributed by atoms with Gasteiger partial charge >= 0.3 is 6.18 Å². The summed E-state index contributed by atoms with van der Waals surface area (Å²) >= 11 is 0. The summed E-state index contributed by atoms with van der Waals surface area (Å²) in [6.07, 6.45) is -3.99. The Morgan fingerprint density at radius 3 is 2.64 bits per heavy atom. The molecule has 1 aliphatic heterocycles. The summed E-state index contributed by atoms with van der Waals surface area (Å²) in [5.74, 6) is -0.0641. The van der Waals surface area contributed by atoms with Crippen LogP contribution in [0.3, 0.4) is 0 Å². The van der Waals surface area contributed by atoms with Crippen molar-refractivity contribution >= 4 is 0 Å². The monoisotopic (exact) mass is 314 g/mol. The highest BCUT2D eigenvalue weighted by Crippen LogP contribution is 2.38. The van der Waals surface area contributed by atoms with Crippen LogP contribution in [-0.2, 0) is 21.3 Å². The van der Waals surface area contributed by atoms with Gasteiger partial charge in [-0.3, -0.25) is 0 Å². The molecule has 0 N–H and O–H groups in total. The smallest absolute Gasteiger partial charge is 0.417 e. The van der Waals surface area contributed by atoms with Gasteiger partial charge in [0.2, 0.25) is 5.89 Å². The molecule has 1 unspecified atom stereocenters. The summed E-state index contributed by atoms with van der Waals surface area (Å²) in [7, 11) is 1.47. The van der Waals surface area contributed by atoms with Crippen molar-refractivity contribution in [2.45, 2.75) is 18.2 Å². The van der Waals surface area contributed by atoms with Crippen LogP contribution < -0.4 is 0 Å². The highest BCUT2D eigenvalue weighted by molar-refractivity contribution is 5.59. The molecule has 1 fully saturated rings. The lowest BCUT2D eigenvalue weighted by molar-refractivity contribution is -0.137. The van der Waals surface area contributed by atoms with Gasteiger partial charge in [0.15, 0.2) is 5.60 Å². The number of aromatic nitrogens is 2. The molecule has 2 aromatic rings. The highest BCUT2D eigenvalue weighted by atomic mass is 19.4. The minimum Gasteiger partial charge on any atom is -0.417 e. The standard InChI is InChI=1S/C14H13F3N2O3/c1-20-13(6-7-21-8-13)12-19-18-11(22-12)9-4-2-3-5-10(9)14(15,16)17/h2-5H,6-8H2,1H3. The summed E-state index contributed by atoms with van der Waals surface area (Å²) < 4.78 is 55.3. The molecule has 0 spiro atoms. The van der Waals surface area contributed by atoms with E-state index in [4.69, 9.17) is 13.9 Å². The minimum absolute atomic E-state index is 0.125. The lowest BCUT2D eigenvalue weighted by atomic mass is 10.0. The van der Waals surface area contributed by atoms with E-state index in [0.717, 1.165) is 6.07 Å². The van der Waals surface area contributed by atoms with Gasteiger partial charge in [0, 0.05) is 13.5 Å². The topological polar surface area (TPSA) is 57.4 Å². The predicted octanol–water partition coefficient (Wildman–Crippen LogP) is 3.02. The molecule has 8 heteroatoms. The lowest BCUT2D eigenvalue weighted by Gasteiger charge is -2.20. The molecule has 0 bridgehead atoms. The van der Waals surface area contributed by atoms with Crippen molar-refractivity contribution in [1.82, 2.24) is 10.2 Å². The molecule has 22 heavy (non-hydrogen) atoms. The van der Waals surface area contributed by atoms with E-state index in [1.54, 1.807) is 0 Å². The third-order valence-corrected chi connectivity index (χ3v) is 3.65. The molecule has 1 atom stereocenters. The first-order valence-electron chi connectivity index (χ1n) is 6.60. The summed E-state index contributed by atoms with van der Waals surface area (Å²) in [6, 6.07) is 5.07. The fraction of sp³-hybridized carbons (Fsp3) is 0.429. The van der Waals surface area contributed by atoms with Crippen LogP contribution in [-0.4, -0.2) is 30.5 Å². The Morgan fingerprint density at radius 1 is 1.23 bits per heavy atom. The Kier molecular flexibility index (Phi) is 3.65. The van der Waals surface area contributed by atoms with E-state index < -0.39 is 17.3 Å². The largest absolute Gasteiger partial charge is 0.417 e. The van der Waals surface area contributed by atoms with Gasteiger partial charge in [-0.05, 0) is 12.1 Å². The Balaban J connectivity index is 2.02. The quantitative estimate of drug-likeness (QED) is 0.871. The number of ether oxygens (including phenoxy) is 2. The number of halogens is 3. The molecular formula is C14H13F3N2O3. The minimum atomic E-state index is -4.50. The van der Waals surface area contributed by atoms with Gasteiger partial charge in [0.25, 0.3) is 5.89 Å². The van der Waals surface area contributed by atoms with Crippen LogP contribution in [0.2, 0.25) is 0 Å². The van der Waals surface area contributed by atoms with Crippen molar-refractivity contribution in [3.8, 4) is 11.5 Å². The number of nitrogens with zero attached hydrogens (tertiary/aromatic N) is 2. The number of hydrogen-bond donors (Lipinski definition) is 0. The van der Waals surface area contributed by atoms with E-state index in [-0.39, 0.29) is 24.0 Å². The van der Waals surface area contributed by atoms with Gasteiger partial charge in [0.05, 0.1) is 24.3 Å². The van der Waals surface area contributed by atoms with Gasteiger partial charge in [-0.1, -0.05) is 12.1 Å². The van der Waals surface area contributed by atoms with Crippen molar-refractivity contribution in [2.75, 3.05) is 20.3 Å². The van der Waals surface area contributed by atoms with Crippen molar-refractivity contribution < 1.29 is 27.1 Å². The van der Waals surface area contributed by atoms with Crippen molar-refractivity contribution in [1.29, 1.82) is 0 Å². The maximum atomic E-state index is 13.0. The average Bonchev–Trinajstić information content (AvgIpc) is 3.16. The molecular weight excluding hydrogens is 301 g/mol. The third kappa shape index (κ3) is 2.48. The van der Waals surface area contributed by atoms with Gasteiger partial charge in [-0.25, -0.2) is 0 Å². The number of rotatable bonds is 3. The van der Waals surface area contributed by atoms with Gasteiger partial charge in [0.1, 0.15) is 0 Å². The number of methoxy groups -OCH3 is 1. The molecule has 1 aliphatic rings. The summed E-state index contributed by atoms with van der Waals surface area (Å²) in [6.45, 7) is 0.691. The van der Waals surface area contributed by atoms with Gasteiger partial charge in [-0.15, -0.1) is 10.2 Å². The first-order valence-corrected chi connectivity index (χ1v) is 6.60. The molecule has 5 nitrogen and oxygen atoms in total. The van der Waals surface area contributed by atoms with E-state index >= 15 is 0 Å². The predicted molar refractivity (Wildman–Crippen MR) is 68.9 cm³/mol. The van der Waals surface area contributed by atoms with Crippen LogP contribution in [0.4, 0.5) is 13.2 Å². The average molecular weight is 314 g/mol. The number of alkyl halides is 3. The normalized spacial score (nSPS) is 22.2. The van der Waals surface area contributed by atoms with Crippen LogP contribution >= 0.6 is 0 Å². The second-order valence-corrected chi connectivity index (χ2v) is 4.96. The maximum Gasteiger partial charge on any atom is 0.417 e. The lowest BCUT2D eigenvalue weighted by Crippen LogP contribution is -2.29. The Labute approximate surface area is 124 Å². The molecule has 3 rings (SSSR count). The number of hydrogen-bond acceptors (Lipinski definition) is 5. The van der Waals surface area contributed by atoms with E-state index in [0.29, 0.717) is 13.0 Å². The van der Waals surface area contributed by atoms with Crippen LogP contribution in [0.1, 0.15) is 17.9 Å². The van der Waals surface area contributed by atoms with Crippen molar-refractivity contribution in [2.24, 2.45) is 0 Å². The molecule has 0 amide bonds. The Hall–Kier alpha value is -1.93. The van der Waals surface area contributed by atoms with Crippen molar-refractivity contribution in [3.05, 3.63) is 35.7 Å². The summed E-state index contributed by atoms with van der Waals surface area (Å²) in [5, 5.41) is 7.60. The fourth-order valence-corrected chi connectivity index (χ4v) is 2.40. The summed E-state index contributed by atoms with van der Waals surface area (Å²) in [4.78, 5) is 0. The zero-order valence-electron chi connectivity index (χ0n) is 11.7. The van der Waals surface area contributed by atoms with E-state index in [1.165, 1.54) is 25.3 Å². The van der Waals surface area contributed by atoms with Crippen LogP contribution in [0.5, 0.6) is 0 Å². The molecule has 118 valence electrons. The zero-order chi connectivity index (χ0) is 15.8. The van der Waals surface area contributed by atoms with E-state index in [9.17, 15) is 13.2 Å². The molecule has 1 aromatic carbocycles. The SMILES string of the molecule is COC1(c2nnc(-c3ccccc3C(F)(F)F)o2)CCOC1. The summed E-state index contributed by atoms with van der Waals surface area (Å²) in [5.41, 5.74) is -1.86. The highest BCUT2D eigenvalue weighted by Gasteiger charge is 2.43. The molecule has 0 aliphatic carbocycles. The first kappa shape index (κ1) is 15.0. The first-order chi connectivity index (χ1) is 10.5. The van der Waals surface area contributed by atoms with Crippen LogP contribution in [0.15, 0.2) is 28.7 Å². The zero-order valence-corrected chi connectivity index (χ0v) is 11.7. The van der Waals surface area contributed by atoms with Gasteiger partial charge < -0.3 is 13.9 Å². The fourth-order valence-electron chi connectivity index (χ4n) is 2.40. The van der Waals surface area contributed by atoms with E-state index in [2.05, 4.69) is 10.2 Å². The van der Waals surface area contributed by atoms with Crippen LogP contribution in [0, 0.1) is 0 Å².